The normalized spacial score (nSPS) is 17.9. The number of aliphatic hydroxyl groups excluding tert-OH is 1. The van der Waals surface area contributed by atoms with Crippen molar-refractivity contribution >= 4 is 5.91 Å². The largest absolute Gasteiger partial charge is 0.390 e. The van der Waals surface area contributed by atoms with E-state index in [-0.39, 0.29) is 18.1 Å². The first-order chi connectivity index (χ1) is 10.9. The molecule has 128 valence electrons. The molecule has 0 bridgehead atoms. The zero-order valence-corrected chi connectivity index (χ0v) is 13.9. The molecule has 1 unspecified atom stereocenters. The molecule has 5 nitrogen and oxygen atoms in total. The van der Waals surface area contributed by atoms with Crippen LogP contribution in [0.2, 0.25) is 0 Å². The summed E-state index contributed by atoms with van der Waals surface area (Å²) in [4.78, 5) is 18.2. The lowest BCUT2D eigenvalue weighted by molar-refractivity contribution is -0.130. The molecule has 1 heterocycles. The number of hydrogen-bond acceptors (Lipinski definition) is 4. The number of nitrogens with zero attached hydrogens (tertiary/aromatic N) is 3. The van der Waals surface area contributed by atoms with Gasteiger partial charge in [0, 0.05) is 46.3 Å². The van der Waals surface area contributed by atoms with Crippen LogP contribution in [0.5, 0.6) is 0 Å². The molecule has 0 aromatic heterocycles. The van der Waals surface area contributed by atoms with E-state index in [0.717, 1.165) is 31.7 Å². The third-order valence-electron chi connectivity index (χ3n) is 4.24. The molecule has 6 heteroatoms. The number of carbonyl (C=O) groups excluding carboxylic acids is 1. The van der Waals surface area contributed by atoms with Gasteiger partial charge in [0.05, 0.1) is 12.5 Å². The molecule has 1 saturated heterocycles. The highest BCUT2D eigenvalue weighted by atomic mass is 19.1. The van der Waals surface area contributed by atoms with Crippen LogP contribution >= 0.6 is 0 Å². The molecule has 1 aliphatic rings. The first kappa shape index (κ1) is 17.8. The van der Waals surface area contributed by atoms with E-state index in [4.69, 9.17) is 0 Å². The number of carbonyl (C=O) groups is 1. The van der Waals surface area contributed by atoms with Crippen molar-refractivity contribution in [3.63, 3.8) is 0 Å². The van der Waals surface area contributed by atoms with Gasteiger partial charge in [-0.2, -0.15) is 0 Å². The van der Waals surface area contributed by atoms with Gasteiger partial charge < -0.3 is 14.9 Å². The molecule has 1 aromatic carbocycles. The van der Waals surface area contributed by atoms with Crippen LogP contribution in [0.15, 0.2) is 24.3 Å². The van der Waals surface area contributed by atoms with E-state index in [1.54, 1.807) is 24.1 Å². The molecule has 0 spiro atoms. The van der Waals surface area contributed by atoms with Crippen molar-refractivity contribution in [3.05, 3.63) is 35.6 Å². The minimum Gasteiger partial charge on any atom is -0.390 e. The number of piperazine rings is 1. The third-order valence-corrected chi connectivity index (χ3v) is 4.24. The Labute approximate surface area is 137 Å². The van der Waals surface area contributed by atoms with Crippen LogP contribution in [0.3, 0.4) is 0 Å². The van der Waals surface area contributed by atoms with Gasteiger partial charge in [-0.05, 0) is 24.7 Å². The van der Waals surface area contributed by atoms with E-state index in [0.29, 0.717) is 13.1 Å². The Bertz CT molecular complexity index is 501. The van der Waals surface area contributed by atoms with Gasteiger partial charge in [-0.25, -0.2) is 4.39 Å². The van der Waals surface area contributed by atoms with Gasteiger partial charge in [0.2, 0.25) is 5.91 Å². The van der Waals surface area contributed by atoms with Crippen LogP contribution in [0.25, 0.3) is 0 Å². The molecule has 23 heavy (non-hydrogen) atoms. The smallest absolute Gasteiger partial charge is 0.226 e. The van der Waals surface area contributed by atoms with Crippen LogP contribution in [-0.4, -0.2) is 85.2 Å². The van der Waals surface area contributed by atoms with E-state index < -0.39 is 6.10 Å². The number of hydrogen-bond donors (Lipinski definition) is 1. The monoisotopic (exact) mass is 323 g/mol. The van der Waals surface area contributed by atoms with E-state index in [1.807, 2.05) is 0 Å². The van der Waals surface area contributed by atoms with Gasteiger partial charge in [-0.15, -0.1) is 0 Å². The zero-order valence-electron chi connectivity index (χ0n) is 13.9. The lowest BCUT2D eigenvalue weighted by Gasteiger charge is -2.34. The van der Waals surface area contributed by atoms with Crippen molar-refractivity contribution in [3.8, 4) is 0 Å². The summed E-state index contributed by atoms with van der Waals surface area (Å²) in [5.74, 6) is -0.383. The van der Waals surface area contributed by atoms with Gasteiger partial charge in [0.1, 0.15) is 5.82 Å². The molecule has 1 aliphatic heterocycles. The van der Waals surface area contributed by atoms with Gasteiger partial charge in [0.25, 0.3) is 0 Å². The number of halogens is 1. The highest BCUT2D eigenvalue weighted by Crippen LogP contribution is 2.06. The minimum absolute atomic E-state index is 0.0750. The summed E-state index contributed by atoms with van der Waals surface area (Å²) >= 11 is 0. The van der Waals surface area contributed by atoms with E-state index in [1.165, 1.54) is 12.1 Å². The molecule has 1 aromatic rings. The van der Waals surface area contributed by atoms with Crippen molar-refractivity contribution in [1.29, 1.82) is 0 Å². The molecule has 1 N–H and O–H groups in total. The van der Waals surface area contributed by atoms with Crippen LogP contribution in [0.1, 0.15) is 5.56 Å². The van der Waals surface area contributed by atoms with Crippen molar-refractivity contribution in [2.24, 2.45) is 0 Å². The summed E-state index contributed by atoms with van der Waals surface area (Å²) in [6.07, 6.45) is -0.335. The van der Waals surface area contributed by atoms with Crippen molar-refractivity contribution in [1.82, 2.24) is 14.7 Å². The Morgan fingerprint density at radius 2 is 1.87 bits per heavy atom. The predicted octanol–water partition coefficient (Wildman–Crippen LogP) is 0.435. The van der Waals surface area contributed by atoms with Crippen LogP contribution in [-0.2, 0) is 11.2 Å². The molecule has 2 rings (SSSR count). The SMILES string of the molecule is CN1CCN(CC(O)CN(C)C(=O)Cc2ccc(F)cc2)CC1. The summed E-state index contributed by atoms with van der Waals surface area (Å²) in [7, 11) is 3.79. The van der Waals surface area contributed by atoms with Gasteiger partial charge in [0.15, 0.2) is 0 Å². The maximum Gasteiger partial charge on any atom is 0.226 e. The summed E-state index contributed by atoms with van der Waals surface area (Å²) in [5, 5.41) is 10.2. The quantitative estimate of drug-likeness (QED) is 0.825. The van der Waals surface area contributed by atoms with Gasteiger partial charge in [-0.1, -0.05) is 12.1 Å². The number of amides is 1. The maximum absolute atomic E-state index is 12.9. The number of β-amino-alcohol motifs (C(OH)–C–C–N with tert-alkyl or cyclic N) is 1. The fourth-order valence-electron chi connectivity index (χ4n) is 2.72. The summed E-state index contributed by atoms with van der Waals surface area (Å²) in [6, 6.07) is 5.93. The molecular formula is C17H26FN3O2. The number of aliphatic hydroxyl groups is 1. The lowest BCUT2D eigenvalue weighted by Crippen LogP contribution is -2.49. The summed E-state index contributed by atoms with van der Waals surface area (Å²) < 4.78 is 12.9. The lowest BCUT2D eigenvalue weighted by atomic mass is 10.1. The van der Waals surface area contributed by atoms with Crippen LogP contribution < -0.4 is 0 Å². The van der Waals surface area contributed by atoms with Crippen molar-refractivity contribution in [2.75, 3.05) is 53.4 Å². The maximum atomic E-state index is 12.9. The van der Waals surface area contributed by atoms with Crippen LogP contribution in [0, 0.1) is 5.82 Å². The highest BCUT2D eigenvalue weighted by molar-refractivity contribution is 5.78. The second-order valence-corrected chi connectivity index (χ2v) is 6.34. The fourth-order valence-corrected chi connectivity index (χ4v) is 2.72. The average molecular weight is 323 g/mol. The topological polar surface area (TPSA) is 47.0 Å². The zero-order chi connectivity index (χ0) is 16.8. The molecule has 0 radical (unpaired) electrons. The Morgan fingerprint density at radius 3 is 2.48 bits per heavy atom. The molecule has 1 atom stereocenters. The van der Waals surface area contributed by atoms with E-state index in [9.17, 15) is 14.3 Å². The number of rotatable bonds is 6. The second-order valence-electron chi connectivity index (χ2n) is 6.34. The molecule has 1 fully saturated rings. The van der Waals surface area contributed by atoms with Crippen molar-refractivity contribution < 1.29 is 14.3 Å². The third kappa shape index (κ3) is 5.89. The number of likely N-dealkylation sites (N-methyl/N-ethyl adjacent to an activating group) is 2. The Kier molecular flexibility index (Phi) is 6.50. The predicted molar refractivity (Wildman–Crippen MR) is 87.7 cm³/mol. The molecular weight excluding hydrogens is 297 g/mol. The summed E-state index contributed by atoms with van der Waals surface area (Å²) in [5.41, 5.74) is 0.775. The fraction of sp³-hybridized carbons (Fsp3) is 0.588. The minimum atomic E-state index is -0.555. The first-order valence-electron chi connectivity index (χ1n) is 8.01. The first-order valence-corrected chi connectivity index (χ1v) is 8.01. The second kappa shape index (κ2) is 8.38. The molecule has 0 aliphatic carbocycles. The number of benzene rings is 1. The van der Waals surface area contributed by atoms with E-state index >= 15 is 0 Å². The highest BCUT2D eigenvalue weighted by Gasteiger charge is 2.19. The summed E-state index contributed by atoms with van der Waals surface area (Å²) in [6.45, 7) is 4.80. The van der Waals surface area contributed by atoms with Gasteiger partial charge in [-0.3, -0.25) is 9.69 Å². The average Bonchev–Trinajstić information content (AvgIpc) is 2.51. The molecule has 1 amide bonds. The van der Waals surface area contributed by atoms with Gasteiger partial charge >= 0.3 is 0 Å². The van der Waals surface area contributed by atoms with Crippen molar-refractivity contribution in [2.45, 2.75) is 12.5 Å². The standard InChI is InChI=1S/C17H26FN3O2/c1-19-7-9-21(10-8-19)13-16(22)12-20(2)17(23)11-14-3-5-15(18)6-4-14/h3-6,16,22H,7-13H2,1-2H3. The Balaban J connectivity index is 1.75. The van der Waals surface area contributed by atoms with E-state index in [2.05, 4.69) is 16.8 Å². The Morgan fingerprint density at radius 1 is 1.26 bits per heavy atom. The van der Waals surface area contributed by atoms with Crippen LogP contribution in [0.4, 0.5) is 4.39 Å². The molecule has 0 saturated carbocycles. The Hall–Kier alpha value is -1.50.